The molecule has 1 aromatic heterocycles. The minimum atomic E-state index is 0.202. The Morgan fingerprint density at radius 2 is 2.21 bits per heavy atom. The minimum Gasteiger partial charge on any atom is -0.474 e. The van der Waals surface area contributed by atoms with E-state index in [1.807, 2.05) is 6.07 Å². The minimum absolute atomic E-state index is 0.202. The van der Waals surface area contributed by atoms with Crippen molar-refractivity contribution in [1.82, 2.24) is 10.3 Å². The van der Waals surface area contributed by atoms with E-state index >= 15 is 0 Å². The molecule has 4 nitrogen and oxygen atoms in total. The van der Waals surface area contributed by atoms with E-state index in [2.05, 4.69) is 24.1 Å². The van der Waals surface area contributed by atoms with Gasteiger partial charge in [0.05, 0.1) is 18.2 Å². The Bertz CT molecular complexity index is 406. The van der Waals surface area contributed by atoms with E-state index in [1.165, 1.54) is 0 Å². The van der Waals surface area contributed by atoms with Crippen molar-refractivity contribution >= 4 is 11.6 Å². The third-order valence-corrected chi connectivity index (χ3v) is 3.41. The van der Waals surface area contributed by atoms with Crippen molar-refractivity contribution in [2.24, 2.45) is 0 Å². The molecule has 2 rings (SSSR count). The van der Waals surface area contributed by atoms with Crippen molar-refractivity contribution in [3.8, 4) is 5.88 Å². The zero-order valence-electron chi connectivity index (χ0n) is 11.5. The maximum atomic E-state index is 6.14. The van der Waals surface area contributed by atoms with E-state index in [0.717, 1.165) is 38.2 Å². The van der Waals surface area contributed by atoms with Gasteiger partial charge in [0, 0.05) is 37.7 Å². The number of pyridine rings is 1. The smallest absolute Gasteiger partial charge is 0.213 e. The molecule has 1 saturated heterocycles. The first-order valence-electron chi connectivity index (χ1n) is 6.77. The molecule has 19 heavy (non-hydrogen) atoms. The Morgan fingerprint density at radius 3 is 2.89 bits per heavy atom. The van der Waals surface area contributed by atoms with Crippen LogP contribution in [0.2, 0.25) is 5.02 Å². The van der Waals surface area contributed by atoms with Crippen molar-refractivity contribution in [2.75, 3.05) is 13.2 Å². The molecule has 0 spiro atoms. The van der Waals surface area contributed by atoms with Gasteiger partial charge in [0.2, 0.25) is 5.88 Å². The summed E-state index contributed by atoms with van der Waals surface area (Å²) in [6, 6.07) is 2.34. The molecule has 0 atom stereocenters. The van der Waals surface area contributed by atoms with Crippen LogP contribution in [-0.2, 0) is 11.3 Å². The normalized spacial score (nSPS) is 16.8. The van der Waals surface area contributed by atoms with Crippen LogP contribution in [0, 0.1) is 0 Å². The lowest BCUT2D eigenvalue weighted by Gasteiger charge is -2.23. The molecule has 0 saturated carbocycles. The van der Waals surface area contributed by atoms with Crippen molar-refractivity contribution in [2.45, 2.75) is 45.4 Å². The second-order valence-corrected chi connectivity index (χ2v) is 5.49. The van der Waals surface area contributed by atoms with E-state index in [9.17, 15) is 0 Å². The summed E-state index contributed by atoms with van der Waals surface area (Å²) < 4.78 is 11.2. The highest BCUT2D eigenvalue weighted by Gasteiger charge is 2.16. The molecule has 0 bridgehead atoms. The first-order valence-corrected chi connectivity index (χ1v) is 7.15. The number of nitrogens with zero attached hydrogens (tertiary/aromatic N) is 1. The monoisotopic (exact) mass is 284 g/mol. The summed E-state index contributed by atoms with van der Waals surface area (Å²) in [5.74, 6) is 0.650. The van der Waals surface area contributed by atoms with Crippen LogP contribution in [0.3, 0.4) is 0 Å². The Hall–Kier alpha value is -0.840. The molecular formula is C14H21ClN2O2. The van der Waals surface area contributed by atoms with Gasteiger partial charge in [-0.15, -0.1) is 0 Å². The van der Waals surface area contributed by atoms with Crippen LogP contribution in [0.25, 0.3) is 0 Å². The lowest BCUT2D eigenvalue weighted by Crippen LogP contribution is -2.26. The molecule has 0 aromatic carbocycles. The van der Waals surface area contributed by atoms with Crippen molar-refractivity contribution in [1.29, 1.82) is 0 Å². The Labute approximate surface area is 119 Å². The molecule has 1 fully saturated rings. The SMILES string of the molecule is CC(C)NCc1cc(OC2CCOCC2)ncc1Cl. The number of ether oxygens (including phenoxy) is 2. The standard InChI is InChI=1S/C14H21ClN2O2/c1-10(2)16-8-11-7-14(17-9-13(11)15)19-12-3-5-18-6-4-12/h7,9-10,12,16H,3-6,8H2,1-2H3. The maximum absolute atomic E-state index is 6.14. The molecule has 0 aliphatic carbocycles. The van der Waals surface area contributed by atoms with Gasteiger partial charge >= 0.3 is 0 Å². The van der Waals surface area contributed by atoms with Gasteiger partial charge in [-0.1, -0.05) is 25.4 Å². The van der Waals surface area contributed by atoms with Gasteiger partial charge in [0.25, 0.3) is 0 Å². The van der Waals surface area contributed by atoms with E-state index in [1.54, 1.807) is 6.20 Å². The number of hydrogen-bond donors (Lipinski definition) is 1. The highest BCUT2D eigenvalue weighted by atomic mass is 35.5. The summed E-state index contributed by atoms with van der Waals surface area (Å²) in [5.41, 5.74) is 1.02. The molecule has 1 aliphatic rings. The summed E-state index contributed by atoms with van der Waals surface area (Å²) in [5, 5.41) is 4.02. The van der Waals surface area contributed by atoms with Gasteiger partial charge in [-0.3, -0.25) is 0 Å². The molecule has 2 heterocycles. The van der Waals surface area contributed by atoms with E-state index in [4.69, 9.17) is 21.1 Å². The third-order valence-electron chi connectivity index (χ3n) is 3.07. The summed E-state index contributed by atoms with van der Waals surface area (Å²) in [7, 11) is 0. The molecular weight excluding hydrogens is 264 g/mol. The van der Waals surface area contributed by atoms with Crippen molar-refractivity contribution < 1.29 is 9.47 Å². The number of aromatic nitrogens is 1. The van der Waals surface area contributed by atoms with Crippen molar-refractivity contribution in [3.63, 3.8) is 0 Å². The largest absolute Gasteiger partial charge is 0.474 e. The molecule has 0 unspecified atom stereocenters. The Morgan fingerprint density at radius 1 is 1.47 bits per heavy atom. The van der Waals surface area contributed by atoms with Crippen LogP contribution in [-0.4, -0.2) is 30.3 Å². The molecule has 1 N–H and O–H groups in total. The predicted molar refractivity (Wildman–Crippen MR) is 75.7 cm³/mol. The van der Waals surface area contributed by atoms with Crippen LogP contribution in [0.4, 0.5) is 0 Å². The number of rotatable bonds is 5. The fourth-order valence-corrected chi connectivity index (χ4v) is 2.11. The molecule has 0 radical (unpaired) electrons. The first kappa shape index (κ1) is 14.6. The number of halogens is 1. The number of hydrogen-bond acceptors (Lipinski definition) is 4. The fraction of sp³-hybridized carbons (Fsp3) is 0.643. The summed E-state index contributed by atoms with van der Waals surface area (Å²) in [4.78, 5) is 4.24. The molecule has 1 aromatic rings. The zero-order valence-corrected chi connectivity index (χ0v) is 12.2. The fourth-order valence-electron chi connectivity index (χ4n) is 1.94. The predicted octanol–water partition coefficient (Wildman–Crippen LogP) is 2.79. The van der Waals surface area contributed by atoms with Crippen LogP contribution < -0.4 is 10.1 Å². The molecule has 1 aliphatic heterocycles. The summed E-state index contributed by atoms with van der Waals surface area (Å²) >= 11 is 6.14. The average Bonchev–Trinajstić information content (AvgIpc) is 2.40. The Kier molecular flexibility index (Phi) is 5.43. The second-order valence-electron chi connectivity index (χ2n) is 5.08. The van der Waals surface area contributed by atoms with Gasteiger partial charge in [-0.2, -0.15) is 0 Å². The topological polar surface area (TPSA) is 43.4 Å². The van der Waals surface area contributed by atoms with Crippen molar-refractivity contribution in [3.05, 3.63) is 22.8 Å². The summed E-state index contributed by atoms with van der Waals surface area (Å²) in [6.45, 7) is 6.46. The second kappa shape index (κ2) is 7.08. The highest BCUT2D eigenvalue weighted by Crippen LogP contribution is 2.22. The average molecular weight is 285 g/mol. The lowest BCUT2D eigenvalue weighted by atomic mass is 10.1. The zero-order chi connectivity index (χ0) is 13.7. The third kappa shape index (κ3) is 4.64. The van der Waals surface area contributed by atoms with Crippen LogP contribution in [0.5, 0.6) is 5.88 Å². The summed E-state index contributed by atoms with van der Waals surface area (Å²) in [6.07, 6.45) is 3.70. The molecule has 0 amide bonds. The van der Waals surface area contributed by atoms with E-state index in [-0.39, 0.29) is 6.10 Å². The number of nitrogens with one attached hydrogen (secondary N) is 1. The van der Waals surface area contributed by atoms with Gasteiger partial charge in [0.15, 0.2) is 0 Å². The van der Waals surface area contributed by atoms with Gasteiger partial charge in [0.1, 0.15) is 6.10 Å². The molecule has 106 valence electrons. The first-order chi connectivity index (χ1) is 9.15. The van der Waals surface area contributed by atoms with Crippen LogP contribution in [0.1, 0.15) is 32.3 Å². The van der Waals surface area contributed by atoms with E-state index in [0.29, 0.717) is 16.9 Å². The van der Waals surface area contributed by atoms with Crippen LogP contribution >= 0.6 is 11.6 Å². The van der Waals surface area contributed by atoms with Gasteiger partial charge in [-0.05, 0) is 5.56 Å². The molecule has 5 heteroatoms. The van der Waals surface area contributed by atoms with E-state index < -0.39 is 0 Å². The maximum Gasteiger partial charge on any atom is 0.213 e. The Balaban J connectivity index is 1.98. The van der Waals surface area contributed by atoms with Gasteiger partial charge < -0.3 is 14.8 Å². The lowest BCUT2D eigenvalue weighted by molar-refractivity contribution is 0.0237. The quantitative estimate of drug-likeness (QED) is 0.903. The highest BCUT2D eigenvalue weighted by molar-refractivity contribution is 6.31. The van der Waals surface area contributed by atoms with Crippen LogP contribution in [0.15, 0.2) is 12.3 Å². The van der Waals surface area contributed by atoms with Gasteiger partial charge in [-0.25, -0.2) is 4.98 Å².